The Balaban J connectivity index is 1.37. The lowest BCUT2D eigenvalue weighted by Crippen LogP contribution is -2.53. The summed E-state index contributed by atoms with van der Waals surface area (Å²) in [5, 5.41) is 5.70. The van der Waals surface area contributed by atoms with Gasteiger partial charge in [0.05, 0.1) is 0 Å². The Morgan fingerprint density at radius 2 is 0.804 bits per heavy atom. The van der Waals surface area contributed by atoms with Crippen LogP contribution in [0, 0.1) is 0 Å². The van der Waals surface area contributed by atoms with E-state index in [1.54, 1.807) is 0 Å². The third-order valence-corrected chi connectivity index (χ3v) is 12.6. The standard InChI is InChI=1S/C43H25BS2/c1-3-11-25(12-4-1)38(26-13-5-2-6-14-26)27-23-30-28-15-7-19-34-39(28)41-32(17-9-21-36(41)45-34)44-33-18-10-22-37-42(33)40-29(31(24-27)43(30)44)16-8-20-35(40)46-37/h1-24,38H. The second-order valence-electron chi connectivity index (χ2n) is 12.7. The molecule has 2 aromatic heterocycles. The van der Waals surface area contributed by atoms with Crippen molar-refractivity contribution in [1.29, 1.82) is 0 Å². The van der Waals surface area contributed by atoms with Crippen molar-refractivity contribution >= 4 is 86.1 Å². The molecular weight excluding hydrogens is 591 g/mol. The summed E-state index contributed by atoms with van der Waals surface area (Å²) in [7, 11) is 0. The maximum atomic E-state index is 2.56. The fraction of sp³-hybridized carbons (Fsp3) is 0.0233. The van der Waals surface area contributed by atoms with Crippen LogP contribution >= 0.6 is 22.7 Å². The van der Waals surface area contributed by atoms with Gasteiger partial charge in [-0.05, 0) is 74.0 Å². The van der Waals surface area contributed by atoms with E-state index in [4.69, 9.17) is 0 Å². The zero-order chi connectivity index (χ0) is 29.9. The van der Waals surface area contributed by atoms with Gasteiger partial charge >= 0.3 is 0 Å². The molecule has 3 heteroatoms. The van der Waals surface area contributed by atoms with Crippen molar-refractivity contribution in [3.63, 3.8) is 0 Å². The molecule has 0 saturated heterocycles. The van der Waals surface area contributed by atoms with Gasteiger partial charge in [-0.1, -0.05) is 138 Å². The van der Waals surface area contributed by atoms with Crippen LogP contribution < -0.4 is 16.4 Å². The molecule has 0 saturated carbocycles. The van der Waals surface area contributed by atoms with Gasteiger partial charge in [0.2, 0.25) is 6.71 Å². The summed E-state index contributed by atoms with van der Waals surface area (Å²) in [4.78, 5) is 0. The SMILES string of the molecule is c1ccc(C(c2ccccc2)c2cc3c4c(c2)-c2cccc5sc6cccc(c6c25)B4c2cccc4sc5cccc-3c5c24)cc1. The molecule has 0 spiro atoms. The normalized spacial score (nSPS) is 12.9. The van der Waals surface area contributed by atoms with Crippen molar-refractivity contribution < 1.29 is 0 Å². The Morgan fingerprint density at radius 1 is 0.370 bits per heavy atom. The summed E-state index contributed by atoms with van der Waals surface area (Å²) >= 11 is 3.87. The number of thiophene rings is 2. The van der Waals surface area contributed by atoms with Crippen LogP contribution in [0.1, 0.15) is 22.6 Å². The molecule has 7 aromatic carbocycles. The molecule has 9 aromatic rings. The number of hydrogen-bond acceptors (Lipinski definition) is 2. The first-order chi connectivity index (χ1) is 22.8. The first kappa shape index (κ1) is 25.3. The van der Waals surface area contributed by atoms with Crippen molar-refractivity contribution in [1.82, 2.24) is 0 Å². The zero-order valence-electron chi connectivity index (χ0n) is 24.8. The summed E-state index contributed by atoms with van der Waals surface area (Å²) in [6.07, 6.45) is 0. The van der Waals surface area contributed by atoms with Crippen LogP contribution in [0.3, 0.4) is 0 Å². The second-order valence-corrected chi connectivity index (χ2v) is 14.9. The quantitative estimate of drug-likeness (QED) is 0.137. The van der Waals surface area contributed by atoms with Crippen molar-refractivity contribution in [2.24, 2.45) is 0 Å². The molecule has 46 heavy (non-hydrogen) atoms. The molecule has 0 bridgehead atoms. The molecule has 0 aliphatic carbocycles. The molecule has 2 aliphatic heterocycles. The molecule has 0 unspecified atom stereocenters. The minimum atomic E-state index is 0.113. The van der Waals surface area contributed by atoms with E-state index < -0.39 is 0 Å². The third kappa shape index (κ3) is 3.29. The van der Waals surface area contributed by atoms with Gasteiger partial charge in [-0.15, -0.1) is 22.7 Å². The van der Waals surface area contributed by atoms with Crippen molar-refractivity contribution in [2.45, 2.75) is 5.92 Å². The van der Waals surface area contributed by atoms with Crippen LogP contribution in [-0.4, -0.2) is 6.71 Å². The molecule has 0 radical (unpaired) electrons. The third-order valence-electron chi connectivity index (χ3n) is 10.4. The average Bonchev–Trinajstić information content (AvgIpc) is 3.61. The summed E-state index contributed by atoms with van der Waals surface area (Å²) in [6.45, 7) is 0.133. The first-order valence-electron chi connectivity index (χ1n) is 16.0. The van der Waals surface area contributed by atoms with Crippen molar-refractivity contribution in [3.05, 3.63) is 162 Å². The predicted molar refractivity (Wildman–Crippen MR) is 202 cm³/mol. The van der Waals surface area contributed by atoms with E-state index in [9.17, 15) is 0 Å². The highest BCUT2D eigenvalue weighted by molar-refractivity contribution is 7.27. The molecule has 11 rings (SSSR count). The number of benzene rings is 7. The second kappa shape index (κ2) is 9.29. The summed E-state index contributed by atoms with van der Waals surface area (Å²) in [6, 6.07) is 55.2. The van der Waals surface area contributed by atoms with E-state index in [0.717, 1.165) is 0 Å². The molecule has 0 N–H and O–H groups in total. The summed E-state index contributed by atoms with van der Waals surface area (Å²) in [5.41, 5.74) is 13.8. The lowest BCUT2D eigenvalue weighted by atomic mass is 9.35. The van der Waals surface area contributed by atoms with Gasteiger partial charge in [0.15, 0.2) is 0 Å². The molecule has 4 heterocycles. The molecule has 0 nitrogen and oxygen atoms in total. The lowest BCUT2D eigenvalue weighted by Gasteiger charge is -2.25. The smallest absolute Gasteiger partial charge is 0.135 e. The highest BCUT2D eigenvalue weighted by Crippen LogP contribution is 2.47. The van der Waals surface area contributed by atoms with Gasteiger partial charge in [-0.25, -0.2) is 0 Å². The minimum absolute atomic E-state index is 0.113. The van der Waals surface area contributed by atoms with Crippen molar-refractivity contribution in [2.75, 3.05) is 0 Å². The first-order valence-corrected chi connectivity index (χ1v) is 17.6. The predicted octanol–water partition coefficient (Wildman–Crippen LogP) is 10.1. The van der Waals surface area contributed by atoms with Crippen LogP contribution in [0.5, 0.6) is 0 Å². The van der Waals surface area contributed by atoms with E-state index in [0.29, 0.717) is 0 Å². The van der Waals surface area contributed by atoms with E-state index in [-0.39, 0.29) is 12.6 Å². The van der Waals surface area contributed by atoms with Crippen LogP contribution in [0.25, 0.3) is 62.6 Å². The highest BCUT2D eigenvalue weighted by Gasteiger charge is 2.38. The Bertz CT molecular complexity index is 2520. The fourth-order valence-electron chi connectivity index (χ4n) is 8.66. The molecule has 2 aliphatic rings. The Labute approximate surface area is 275 Å². The van der Waals surface area contributed by atoms with E-state index >= 15 is 0 Å². The van der Waals surface area contributed by atoms with E-state index in [2.05, 4.69) is 146 Å². The number of rotatable bonds is 3. The van der Waals surface area contributed by atoms with Crippen LogP contribution in [-0.2, 0) is 0 Å². The van der Waals surface area contributed by atoms with Gasteiger partial charge in [-0.2, -0.15) is 0 Å². The largest absolute Gasteiger partial charge is 0.244 e. The Morgan fingerprint density at radius 3 is 1.28 bits per heavy atom. The van der Waals surface area contributed by atoms with Gasteiger partial charge in [0, 0.05) is 35.5 Å². The minimum Gasteiger partial charge on any atom is -0.135 e. The highest BCUT2D eigenvalue weighted by atomic mass is 32.1. The van der Waals surface area contributed by atoms with Crippen LogP contribution in [0.15, 0.2) is 146 Å². The Kier molecular flexibility index (Phi) is 5.10. The van der Waals surface area contributed by atoms with Gasteiger partial charge in [-0.3, -0.25) is 0 Å². The van der Waals surface area contributed by atoms with Gasteiger partial charge in [0.25, 0.3) is 0 Å². The number of fused-ring (bicyclic) bond motifs is 4. The lowest BCUT2D eigenvalue weighted by molar-refractivity contribution is 0.979. The van der Waals surface area contributed by atoms with Crippen LogP contribution in [0.2, 0.25) is 0 Å². The van der Waals surface area contributed by atoms with Gasteiger partial charge in [0.1, 0.15) is 0 Å². The Hall–Kier alpha value is -4.96. The zero-order valence-corrected chi connectivity index (χ0v) is 26.5. The summed E-state index contributed by atoms with van der Waals surface area (Å²) < 4.78 is 5.50. The monoisotopic (exact) mass is 616 g/mol. The molecule has 0 atom stereocenters. The average molecular weight is 617 g/mol. The maximum Gasteiger partial charge on any atom is 0.244 e. The number of hydrogen-bond donors (Lipinski definition) is 0. The summed E-state index contributed by atoms with van der Waals surface area (Å²) in [5.74, 6) is 0.113. The maximum absolute atomic E-state index is 2.56. The van der Waals surface area contributed by atoms with E-state index in [1.807, 2.05) is 22.7 Å². The molecular formula is C43H25BS2. The molecule has 0 fully saturated rings. The fourth-order valence-corrected chi connectivity index (χ4v) is 11.0. The van der Waals surface area contributed by atoms with E-state index in [1.165, 1.54) is 95.7 Å². The van der Waals surface area contributed by atoms with Crippen LogP contribution in [0.4, 0.5) is 0 Å². The van der Waals surface area contributed by atoms with Gasteiger partial charge < -0.3 is 0 Å². The van der Waals surface area contributed by atoms with Crippen molar-refractivity contribution in [3.8, 4) is 22.3 Å². The molecule has 0 amide bonds. The topological polar surface area (TPSA) is 0 Å². The molecule has 212 valence electrons.